The highest BCUT2D eigenvalue weighted by molar-refractivity contribution is 5.98. The lowest BCUT2D eigenvalue weighted by Gasteiger charge is -2.32. The van der Waals surface area contributed by atoms with Crippen LogP contribution in [0.1, 0.15) is 80.1 Å². The Balaban J connectivity index is 2.37. The molecule has 2 aliphatic rings. The second kappa shape index (κ2) is 26.1. The summed E-state index contributed by atoms with van der Waals surface area (Å²) in [5.41, 5.74) is 5.53. The lowest BCUT2D eigenvalue weighted by molar-refractivity contribution is -0.157. The van der Waals surface area contributed by atoms with Gasteiger partial charge in [-0.3, -0.25) is 38.4 Å². The fourth-order valence-corrected chi connectivity index (χ4v) is 6.36. The number of cyclic esters (lactones) is 1. The van der Waals surface area contributed by atoms with Gasteiger partial charge in [0.25, 0.3) is 0 Å². The molecular weight excluding hydrogens is 771 g/mol. The van der Waals surface area contributed by atoms with Crippen LogP contribution < -0.4 is 27.0 Å². The first kappa shape index (κ1) is 50.1. The number of rotatable bonds is 12. The van der Waals surface area contributed by atoms with Crippen molar-refractivity contribution in [1.82, 2.24) is 31.1 Å². The van der Waals surface area contributed by atoms with Crippen LogP contribution in [0.25, 0.3) is 0 Å². The first-order valence-electron chi connectivity index (χ1n) is 20.4. The summed E-state index contributed by atoms with van der Waals surface area (Å²) in [6, 6.07) is -7.12. The SMILES string of the molecule is CC/C=C/C=C/C=C/C=C/C=C/C=C/C=C/C(=O)N(C)[C@@H]1C(=O)N[C@@H](C)C(=O)N[C@@H](CC(C)C)C(=O)N2CCC[C@@H]2C(=O)N[C@@H](C)C(=O)N[C@H](C(N)=O)CCC(=O)O[C@@H]1C. The van der Waals surface area contributed by atoms with Crippen molar-refractivity contribution >= 4 is 47.3 Å². The van der Waals surface area contributed by atoms with Crippen LogP contribution >= 0.6 is 0 Å². The van der Waals surface area contributed by atoms with Crippen molar-refractivity contribution in [3.63, 3.8) is 0 Å². The van der Waals surface area contributed by atoms with Crippen molar-refractivity contribution in [1.29, 1.82) is 0 Å². The number of amides is 7. The molecule has 0 aromatic carbocycles. The van der Waals surface area contributed by atoms with Crippen LogP contribution in [0.4, 0.5) is 0 Å². The van der Waals surface area contributed by atoms with Gasteiger partial charge in [0, 0.05) is 26.1 Å². The molecule has 0 saturated carbocycles. The maximum Gasteiger partial charge on any atom is 0.306 e. The Morgan fingerprint density at radius 2 is 1.30 bits per heavy atom. The lowest BCUT2D eigenvalue weighted by Crippen LogP contribution is -2.59. The minimum absolute atomic E-state index is 0.0565. The number of nitrogens with two attached hydrogens (primary N) is 1. The summed E-state index contributed by atoms with van der Waals surface area (Å²) in [6.45, 7) is 10.2. The van der Waals surface area contributed by atoms with E-state index in [0.29, 0.717) is 12.8 Å². The number of carbonyl (C=O) groups is 8. The van der Waals surface area contributed by atoms with Crippen LogP contribution in [0.15, 0.2) is 85.1 Å². The fraction of sp³-hybridized carbons (Fsp3) is 0.500. The molecule has 0 aromatic heterocycles. The number of esters is 1. The molecule has 0 spiro atoms. The Labute approximate surface area is 353 Å². The van der Waals surface area contributed by atoms with Gasteiger partial charge in [0.15, 0.2) is 0 Å². The second-order valence-corrected chi connectivity index (χ2v) is 15.1. The molecule has 0 aromatic rings. The van der Waals surface area contributed by atoms with Gasteiger partial charge in [-0.05, 0) is 58.8 Å². The molecule has 2 saturated heterocycles. The Morgan fingerprint density at radius 1 is 0.767 bits per heavy atom. The highest BCUT2D eigenvalue weighted by Gasteiger charge is 2.40. The van der Waals surface area contributed by atoms with Gasteiger partial charge in [-0.15, -0.1) is 0 Å². The summed E-state index contributed by atoms with van der Waals surface area (Å²) in [5.74, 6) is -5.88. The molecule has 0 radical (unpaired) electrons. The standard InChI is InChI=1S/C44H63N7O9/c1-8-9-10-11-12-13-14-15-16-17-18-19-20-21-24-36(52)50(7)38-32(6)60-37(53)26-25-33(39(45)54)48-40(55)30(4)46-42(57)35-23-22-27-51(35)44(59)34(28-29(2)3)49-41(56)31(5)47-43(38)58/h9-21,24,29-35,38H,8,22-23,25-28H2,1-7H3,(H2,45,54)(H,46,57)(H,47,58)(H,48,55)(H,49,56)/b10-9+,12-11+,14-13+,16-15+,18-17+,20-19+,24-21+/t30-,31-,32+,33-,34-,35+,38-/m0/s1. The van der Waals surface area contributed by atoms with E-state index in [1.165, 1.54) is 44.9 Å². The molecule has 7 atom stereocenters. The van der Waals surface area contributed by atoms with Gasteiger partial charge in [0.1, 0.15) is 42.4 Å². The molecule has 0 aliphatic carbocycles. The number of primary amides is 1. The van der Waals surface area contributed by atoms with E-state index in [0.717, 1.165) is 11.3 Å². The Bertz CT molecular complexity index is 1750. The topological polar surface area (TPSA) is 226 Å². The Morgan fingerprint density at radius 3 is 1.85 bits per heavy atom. The molecule has 16 nitrogen and oxygen atoms in total. The van der Waals surface area contributed by atoms with Crippen LogP contribution in [0.3, 0.4) is 0 Å². The van der Waals surface area contributed by atoms with Crippen LogP contribution in [-0.2, 0) is 43.1 Å². The van der Waals surface area contributed by atoms with Crippen molar-refractivity contribution in [2.75, 3.05) is 13.6 Å². The number of carbonyl (C=O) groups excluding carboxylic acids is 8. The van der Waals surface area contributed by atoms with E-state index in [1.54, 1.807) is 24.3 Å². The quantitative estimate of drug-likeness (QED) is 0.110. The molecule has 2 heterocycles. The number of nitrogens with zero attached hydrogens (tertiary/aromatic N) is 2. The summed E-state index contributed by atoms with van der Waals surface area (Å²) in [5, 5.41) is 10.4. The van der Waals surface area contributed by atoms with E-state index in [2.05, 4.69) is 34.3 Å². The van der Waals surface area contributed by atoms with Crippen molar-refractivity contribution in [2.24, 2.45) is 11.7 Å². The largest absolute Gasteiger partial charge is 0.460 e. The van der Waals surface area contributed by atoms with Crippen LogP contribution in [0, 0.1) is 5.92 Å². The fourth-order valence-electron chi connectivity index (χ4n) is 6.36. The molecule has 2 aliphatic heterocycles. The predicted molar refractivity (Wildman–Crippen MR) is 228 cm³/mol. The normalized spacial score (nSPS) is 26.3. The third-order valence-corrected chi connectivity index (χ3v) is 9.59. The number of likely N-dealkylation sites (N-methyl/N-ethyl adjacent to an activating group) is 1. The Kier molecular flexibility index (Phi) is 21.8. The average Bonchev–Trinajstić information content (AvgIpc) is 3.68. The van der Waals surface area contributed by atoms with E-state index >= 15 is 0 Å². The predicted octanol–water partition coefficient (Wildman–Crippen LogP) is 2.34. The van der Waals surface area contributed by atoms with E-state index < -0.39 is 96.1 Å². The summed E-state index contributed by atoms with van der Waals surface area (Å²) < 4.78 is 5.57. The molecular formula is C44H63N7O9. The minimum Gasteiger partial charge on any atom is -0.460 e. The van der Waals surface area contributed by atoms with Crippen molar-refractivity contribution in [3.8, 4) is 0 Å². The summed E-state index contributed by atoms with van der Waals surface area (Å²) in [6.07, 6.45) is 25.0. The van der Waals surface area contributed by atoms with Crippen molar-refractivity contribution < 1.29 is 43.1 Å². The monoisotopic (exact) mass is 833 g/mol. The lowest BCUT2D eigenvalue weighted by atomic mass is 10.0. The molecule has 16 heteroatoms. The molecule has 0 bridgehead atoms. The highest BCUT2D eigenvalue weighted by atomic mass is 16.5. The number of hydrogen-bond donors (Lipinski definition) is 5. The van der Waals surface area contributed by atoms with Gasteiger partial charge in [-0.2, -0.15) is 0 Å². The molecule has 2 fully saturated rings. The van der Waals surface area contributed by atoms with Crippen molar-refractivity contribution in [2.45, 2.75) is 122 Å². The van der Waals surface area contributed by atoms with Gasteiger partial charge in [-0.1, -0.05) is 99.8 Å². The van der Waals surface area contributed by atoms with Crippen LogP contribution in [-0.4, -0.2) is 113 Å². The zero-order valence-electron chi connectivity index (χ0n) is 35.8. The van der Waals surface area contributed by atoms with E-state index in [1.807, 2.05) is 56.4 Å². The van der Waals surface area contributed by atoms with Crippen molar-refractivity contribution in [3.05, 3.63) is 85.1 Å². The number of allylic oxidation sites excluding steroid dienone is 13. The van der Waals surface area contributed by atoms with E-state index in [4.69, 9.17) is 10.5 Å². The number of nitrogens with one attached hydrogen (secondary N) is 4. The number of fused-ring (bicyclic) bond motifs is 1. The number of hydrogen-bond acceptors (Lipinski definition) is 9. The average molecular weight is 834 g/mol. The highest BCUT2D eigenvalue weighted by Crippen LogP contribution is 2.21. The van der Waals surface area contributed by atoms with E-state index in [9.17, 15) is 38.4 Å². The molecule has 0 unspecified atom stereocenters. The first-order valence-corrected chi connectivity index (χ1v) is 20.4. The van der Waals surface area contributed by atoms with Crippen LogP contribution in [0.5, 0.6) is 0 Å². The molecule has 6 N–H and O–H groups in total. The zero-order chi connectivity index (χ0) is 44.8. The summed E-state index contributed by atoms with van der Waals surface area (Å²) >= 11 is 0. The molecule has 60 heavy (non-hydrogen) atoms. The smallest absolute Gasteiger partial charge is 0.306 e. The molecule has 2 rings (SSSR count). The van der Waals surface area contributed by atoms with E-state index in [-0.39, 0.29) is 25.3 Å². The minimum atomic E-state index is -1.45. The summed E-state index contributed by atoms with van der Waals surface area (Å²) in [4.78, 5) is 109. The Hall–Kier alpha value is -6.06. The first-order chi connectivity index (χ1) is 28.5. The summed E-state index contributed by atoms with van der Waals surface area (Å²) in [7, 11) is 1.34. The zero-order valence-corrected chi connectivity index (χ0v) is 35.8. The molecule has 7 amide bonds. The van der Waals surface area contributed by atoms with Gasteiger partial charge in [0.05, 0.1) is 0 Å². The third kappa shape index (κ3) is 17.0. The van der Waals surface area contributed by atoms with Gasteiger partial charge in [-0.25, -0.2) is 0 Å². The van der Waals surface area contributed by atoms with Gasteiger partial charge < -0.3 is 41.5 Å². The van der Waals surface area contributed by atoms with Gasteiger partial charge in [0.2, 0.25) is 41.4 Å². The third-order valence-electron chi connectivity index (χ3n) is 9.59. The number of ether oxygens (including phenoxy) is 1. The maximum atomic E-state index is 13.9. The van der Waals surface area contributed by atoms with Crippen LogP contribution in [0.2, 0.25) is 0 Å². The molecule has 328 valence electrons. The second-order valence-electron chi connectivity index (χ2n) is 15.1. The maximum absolute atomic E-state index is 13.9. The van der Waals surface area contributed by atoms with Gasteiger partial charge >= 0.3 is 5.97 Å².